The summed E-state index contributed by atoms with van der Waals surface area (Å²) in [5.41, 5.74) is 6.08. The normalized spacial score (nSPS) is 23.4. The number of carbonyl (C=O) groups is 2. The number of nitrogens with zero attached hydrogens (tertiary/aromatic N) is 1. The van der Waals surface area contributed by atoms with Gasteiger partial charge in [0, 0.05) is 19.3 Å². The number of ketones is 1. The predicted molar refractivity (Wildman–Crippen MR) is 73.6 cm³/mol. The van der Waals surface area contributed by atoms with Crippen LogP contribution in [0.3, 0.4) is 0 Å². The number of Topliss-reactive ketones (excluding diaryl/α,β-unsaturated/α-hetero) is 1. The van der Waals surface area contributed by atoms with Crippen LogP contribution in [0.15, 0.2) is 30.3 Å². The van der Waals surface area contributed by atoms with Crippen molar-refractivity contribution < 1.29 is 18.0 Å². The molecule has 0 aliphatic carbocycles. The molecule has 1 saturated heterocycles. The third-order valence-corrected chi connectivity index (χ3v) is 4.72. The summed E-state index contributed by atoms with van der Waals surface area (Å²) >= 11 is 0. The molecule has 6 nitrogen and oxygen atoms in total. The fourth-order valence-electron chi connectivity index (χ4n) is 2.51. The maximum Gasteiger partial charge on any atom is 0.292 e. The fraction of sp³-hybridized carbons (Fsp3) is 0.385. The summed E-state index contributed by atoms with van der Waals surface area (Å²) in [4.78, 5) is 25.3. The molecule has 0 bridgehead atoms. The molecule has 1 amide bonds. The lowest BCUT2D eigenvalue weighted by atomic mass is 10.0. The van der Waals surface area contributed by atoms with Gasteiger partial charge in [0.1, 0.15) is 0 Å². The van der Waals surface area contributed by atoms with E-state index in [-0.39, 0.29) is 13.1 Å². The van der Waals surface area contributed by atoms with Crippen molar-refractivity contribution in [2.45, 2.75) is 11.3 Å². The van der Waals surface area contributed by atoms with Gasteiger partial charge in [-0.25, -0.2) is 8.42 Å². The molecule has 2 N–H and O–H groups in total. The highest BCUT2D eigenvalue weighted by Crippen LogP contribution is 2.34. The first-order valence-corrected chi connectivity index (χ1v) is 8.12. The minimum absolute atomic E-state index is 0.149. The highest BCUT2D eigenvalue weighted by molar-refractivity contribution is 7.92. The van der Waals surface area contributed by atoms with E-state index in [0.29, 0.717) is 5.56 Å². The lowest BCUT2D eigenvalue weighted by Crippen LogP contribution is -2.36. The summed E-state index contributed by atoms with van der Waals surface area (Å²) in [5.74, 6) is -1.66. The molecule has 7 heteroatoms. The molecule has 1 aromatic carbocycles. The van der Waals surface area contributed by atoms with Gasteiger partial charge < -0.3 is 10.6 Å². The van der Waals surface area contributed by atoms with Crippen molar-refractivity contribution in [2.24, 2.45) is 5.73 Å². The third-order valence-electron chi connectivity index (χ3n) is 3.32. The minimum atomic E-state index is -3.69. The number of hydrogen-bond acceptors (Lipinski definition) is 5. The molecule has 2 rings (SSSR count). The Bertz CT molecular complexity index is 627. The maximum atomic E-state index is 12.0. The highest BCUT2D eigenvalue weighted by atomic mass is 32.2. The summed E-state index contributed by atoms with van der Waals surface area (Å²) < 4.78 is 23.8. The predicted octanol–water partition coefficient (Wildman–Crippen LogP) is -0.489. The summed E-state index contributed by atoms with van der Waals surface area (Å²) in [6.07, 6.45) is 0.977. The van der Waals surface area contributed by atoms with Crippen LogP contribution in [0.2, 0.25) is 0 Å². The number of likely N-dealkylation sites (tertiary alicyclic amines) is 1. The van der Waals surface area contributed by atoms with Crippen molar-refractivity contribution in [1.82, 2.24) is 4.90 Å². The molecule has 0 saturated carbocycles. The van der Waals surface area contributed by atoms with Gasteiger partial charge in [0.25, 0.3) is 5.91 Å². The van der Waals surface area contributed by atoms with E-state index >= 15 is 0 Å². The van der Waals surface area contributed by atoms with Gasteiger partial charge in [0.15, 0.2) is 15.1 Å². The van der Waals surface area contributed by atoms with Gasteiger partial charge in [-0.3, -0.25) is 9.59 Å². The zero-order valence-electron chi connectivity index (χ0n) is 11.0. The molecule has 20 heavy (non-hydrogen) atoms. The average molecular weight is 296 g/mol. The topological polar surface area (TPSA) is 97.5 Å². The standard InChI is InChI=1S/C13H16N2O4S/c1-20(18,19)12-10(9-5-3-2-4-6-9)15(8-7-14)13(17)11(12)16/h2-6,10,12H,7-8,14H2,1H3/t10-,12+/m1/s1. The summed E-state index contributed by atoms with van der Waals surface area (Å²) in [7, 11) is -3.69. The first-order chi connectivity index (χ1) is 9.38. The Morgan fingerprint density at radius 1 is 1.20 bits per heavy atom. The van der Waals surface area contributed by atoms with Crippen molar-refractivity contribution in [3.05, 3.63) is 35.9 Å². The van der Waals surface area contributed by atoms with Crippen molar-refractivity contribution in [3.8, 4) is 0 Å². The molecular formula is C13H16N2O4S. The SMILES string of the molecule is CS(=O)(=O)[C@@H]1C(=O)C(=O)N(CCN)[C@@H]1c1ccccc1. The Kier molecular flexibility index (Phi) is 3.92. The Labute approximate surface area is 117 Å². The van der Waals surface area contributed by atoms with Crippen LogP contribution in [0.1, 0.15) is 11.6 Å². The smallest absolute Gasteiger partial charge is 0.292 e. The molecule has 1 aliphatic rings. The summed E-state index contributed by atoms with van der Waals surface area (Å²) in [6.45, 7) is 0.314. The largest absolute Gasteiger partial charge is 0.329 e. The Morgan fingerprint density at radius 3 is 2.30 bits per heavy atom. The van der Waals surface area contributed by atoms with Crippen LogP contribution >= 0.6 is 0 Å². The monoisotopic (exact) mass is 296 g/mol. The van der Waals surface area contributed by atoms with E-state index in [1.807, 2.05) is 0 Å². The maximum absolute atomic E-state index is 12.0. The summed E-state index contributed by atoms with van der Waals surface area (Å²) in [6, 6.07) is 7.88. The number of sulfone groups is 1. The van der Waals surface area contributed by atoms with Crippen LogP contribution in [0.25, 0.3) is 0 Å². The first-order valence-electron chi connectivity index (χ1n) is 6.16. The molecule has 0 unspecified atom stereocenters. The molecule has 2 atom stereocenters. The number of benzene rings is 1. The molecule has 1 aliphatic heterocycles. The first kappa shape index (κ1) is 14.7. The second-order valence-electron chi connectivity index (χ2n) is 4.76. The number of hydrogen-bond donors (Lipinski definition) is 1. The van der Waals surface area contributed by atoms with E-state index in [1.54, 1.807) is 30.3 Å². The van der Waals surface area contributed by atoms with Crippen LogP contribution in [0.4, 0.5) is 0 Å². The zero-order valence-corrected chi connectivity index (χ0v) is 11.8. The molecule has 108 valence electrons. The van der Waals surface area contributed by atoms with Crippen molar-refractivity contribution in [3.63, 3.8) is 0 Å². The van der Waals surface area contributed by atoms with E-state index in [1.165, 1.54) is 4.90 Å². The summed E-state index contributed by atoms with van der Waals surface area (Å²) in [5, 5.41) is -1.36. The second-order valence-corrected chi connectivity index (χ2v) is 6.92. The van der Waals surface area contributed by atoms with E-state index in [4.69, 9.17) is 5.73 Å². The second kappa shape index (κ2) is 5.34. The number of amides is 1. The Morgan fingerprint density at radius 2 is 1.80 bits per heavy atom. The number of nitrogens with two attached hydrogens (primary N) is 1. The highest BCUT2D eigenvalue weighted by Gasteiger charge is 2.52. The van der Waals surface area contributed by atoms with Crippen molar-refractivity contribution >= 4 is 21.5 Å². The van der Waals surface area contributed by atoms with Gasteiger partial charge in [-0.15, -0.1) is 0 Å². The lowest BCUT2D eigenvalue weighted by molar-refractivity contribution is -0.140. The lowest BCUT2D eigenvalue weighted by Gasteiger charge is -2.26. The zero-order chi connectivity index (χ0) is 14.9. The van der Waals surface area contributed by atoms with Crippen LogP contribution in [-0.2, 0) is 19.4 Å². The van der Waals surface area contributed by atoms with Gasteiger partial charge in [-0.2, -0.15) is 0 Å². The molecule has 1 aromatic rings. The fourth-order valence-corrected chi connectivity index (χ4v) is 3.77. The van der Waals surface area contributed by atoms with Gasteiger partial charge in [0.05, 0.1) is 6.04 Å². The van der Waals surface area contributed by atoms with E-state index < -0.39 is 32.8 Å². The molecule has 1 heterocycles. The van der Waals surface area contributed by atoms with Gasteiger partial charge in [-0.1, -0.05) is 30.3 Å². The quantitative estimate of drug-likeness (QED) is 0.756. The average Bonchev–Trinajstić information content (AvgIpc) is 2.65. The van der Waals surface area contributed by atoms with Crippen LogP contribution in [0, 0.1) is 0 Å². The molecule has 0 radical (unpaired) electrons. The van der Waals surface area contributed by atoms with Gasteiger partial charge in [-0.05, 0) is 5.56 Å². The van der Waals surface area contributed by atoms with Gasteiger partial charge >= 0.3 is 0 Å². The van der Waals surface area contributed by atoms with E-state index in [0.717, 1.165) is 6.26 Å². The number of rotatable bonds is 4. The van der Waals surface area contributed by atoms with Crippen LogP contribution in [-0.4, -0.2) is 49.6 Å². The van der Waals surface area contributed by atoms with Crippen LogP contribution in [0.5, 0.6) is 0 Å². The van der Waals surface area contributed by atoms with Crippen LogP contribution < -0.4 is 5.73 Å². The number of carbonyl (C=O) groups excluding carboxylic acids is 2. The van der Waals surface area contributed by atoms with E-state index in [9.17, 15) is 18.0 Å². The Hall–Kier alpha value is -1.73. The van der Waals surface area contributed by atoms with E-state index in [2.05, 4.69) is 0 Å². The van der Waals surface area contributed by atoms with Gasteiger partial charge in [0.2, 0.25) is 5.78 Å². The van der Waals surface area contributed by atoms with Crippen molar-refractivity contribution in [1.29, 1.82) is 0 Å². The Balaban J connectivity index is 2.55. The third kappa shape index (κ3) is 2.46. The molecule has 0 aromatic heterocycles. The van der Waals surface area contributed by atoms with Crippen molar-refractivity contribution in [2.75, 3.05) is 19.3 Å². The molecular weight excluding hydrogens is 280 g/mol. The molecule has 1 fully saturated rings. The molecule has 0 spiro atoms. The minimum Gasteiger partial charge on any atom is -0.329 e.